The number of likely N-dealkylation sites (tertiary alicyclic amines) is 1. The van der Waals surface area contributed by atoms with Gasteiger partial charge in [0.2, 0.25) is 11.8 Å². The van der Waals surface area contributed by atoms with Crippen LogP contribution in [0.5, 0.6) is 0 Å². The molecule has 0 radical (unpaired) electrons. The van der Waals surface area contributed by atoms with E-state index in [4.69, 9.17) is 0 Å². The van der Waals surface area contributed by atoms with Crippen LogP contribution in [0.4, 0.5) is 5.69 Å². The largest absolute Gasteiger partial charge is 0.362 e. The predicted octanol–water partition coefficient (Wildman–Crippen LogP) is 1.26. The number of nitrogens with zero attached hydrogens (tertiary/aromatic N) is 2. The van der Waals surface area contributed by atoms with E-state index >= 15 is 0 Å². The van der Waals surface area contributed by atoms with Gasteiger partial charge in [-0.1, -0.05) is 18.2 Å². The van der Waals surface area contributed by atoms with E-state index in [0.717, 1.165) is 11.3 Å². The third-order valence-electron chi connectivity index (χ3n) is 5.37. The number of carbonyl (C=O) groups excluding carboxylic acids is 3. The van der Waals surface area contributed by atoms with Crippen molar-refractivity contribution in [3.63, 3.8) is 0 Å². The van der Waals surface area contributed by atoms with Crippen LogP contribution in [0.25, 0.3) is 0 Å². The molecule has 2 aliphatic heterocycles. The molecule has 150 valence electrons. The lowest BCUT2D eigenvalue weighted by atomic mass is 9.95. The summed E-state index contributed by atoms with van der Waals surface area (Å²) in [6.07, 6.45) is 4.61. The molecule has 2 aromatic rings. The Morgan fingerprint density at radius 1 is 1.14 bits per heavy atom. The average molecular weight is 393 g/mol. The maximum Gasteiger partial charge on any atom is 0.255 e. The van der Waals surface area contributed by atoms with Gasteiger partial charge in [-0.15, -0.1) is 0 Å². The number of nitrogens with one attached hydrogen (secondary N) is 3. The van der Waals surface area contributed by atoms with Gasteiger partial charge in [-0.25, -0.2) is 0 Å². The molecule has 1 fully saturated rings. The number of pyridine rings is 1. The highest BCUT2D eigenvalue weighted by atomic mass is 16.2. The van der Waals surface area contributed by atoms with E-state index in [1.165, 1.54) is 0 Å². The molecule has 3 amide bonds. The fourth-order valence-electron chi connectivity index (χ4n) is 3.77. The average Bonchev–Trinajstić information content (AvgIpc) is 2.87. The number of hydrogen-bond donors (Lipinski definition) is 3. The third kappa shape index (κ3) is 4.21. The second-order valence-corrected chi connectivity index (χ2v) is 7.41. The molecule has 3 heterocycles. The quantitative estimate of drug-likeness (QED) is 0.726. The molecule has 1 unspecified atom stereocenters. The molecule has 1 saturated heterocycles. The number of hydrogen-bond acceptors (Lipinski definition) is 5. The summed E-state index contributed by atoms with van der Waals surface area (Å²) >= 11 is 0. The van der Waals surface area contributed by atoms with E-state index in [2.05, 4.69) is 20.9 Å². The Kier molecular flexibility index (Phi) is 5.16. The van der Waals surface area contributed by atoms with Crippen molar-refractivity contribution in [2.45, 2.75) is 31.5 Å². The summed E-state index contributed by atoms with van der Waals surface area (Å²) in [7, 11) is 0. The Morgan fingerprint density at radius 3 is 2.83 bits per heavy atom. The van der Waals surface area contributed by atoms with Crippen LogP contribution in [0.1, 0.15) is 35.2 Å². The SMILES string of the molecule is O=C(CN1CCC2(CCC1=O)NC(=O)c1ccccc1N2)NCc1cccnc1. The van der Waals surface area contributed by atoms with Crippen molar-refractivity contribution < 1.29 is 14.4 Å². The molecule has 2 aliphatic rings. The van der Waals surface area contributed by atoms with Gasteiger partial charge in [0, 0.05) is 44.0 Å². The minimum Gasteiger partial charge on any atom is -0.362 e. The number of fused-ring (bicyclic) bond motifs is 1. The summed E-state index contributed by atoms with van der Waals surface area (Å²) in [5.41, 5.74) is 1.59. The fourth-order valence-corrected chi connectivity index (χ4v) is 3.77. The maximum atomic E-state index is 12.6. The predicted molar refractivity (Wildman–Crippen MR) is 107 cm³/mol. The Labute approximate surface area is 168 Å². The normalized spacial score (nSPS) is 21.0. The van der Waals surface area contributed by atoms with Crippen molar-refractivity contribution in [2.24, 2.45) is 0 Å². The van der Waals surface area contributed by atoms with Crippen molar-refractivity contribution in [3.05, 3.63) is 59.9 Å². The van der Waals surface area contributed by atoms with E-state index in [1.54, 1.807) is 23.4 Å². The van der Waals surface area contributed by atoms with Gasteiger partial charge in [0.1, 0.15) is 5.66 Å². The zero-order valence-corrected chi connectivity index (χ0v) is 16.0. The maximum absolute atomic E-state index is 12.6. The van der Waals surface area contributed by atoms with Crippen LogP contribution in [0.2, 0.25) is 0 Å². The second kappa shape index (κ2) is 7.90. The fraction of sp³-hybridized carbons (Fsp3) is 0.333. The molecule has 1 atom stereocenters. The summed E-state index contributed by atoms with van der Waals surface area (Å²) in [5.74, 6) is -0.452. The first kappa shape index (κ1) is 18.9. The van der Waals surface area contributed by atoms with Gasteiger partial charge in [-0.05, 0) is 30.2 Å². The van der Waals surface area contributed by atoms with Crippen molar-refractivity contribution in [1.82, 2.24) is 20.5 Å². The number of benzene rings is 1. The summed E-state index contributed by atoms with van der Waals surface area (Å²) < 4.78 is 0. The van der Waals surface area contributed by atoms with E-state index < -0.39 is 5.66 Å². The van der Waals surface area contributed by atoms with Crippen molar-refractivity contribution in [1.29, 1.82) is 0 Å². The summed E-state index contributed by atoms with van der Waals surface area (Å²) in [5, 5.41) is 9.26. The lowest BCUT2D eigenvalue weighted by molar-refractivity contribution is -0.135. The summed E-state index contributed by atoms with van der Waals surface area (Å²) in [4.78, 5) is 43.0. The van der Waals surface area contributed by atoms with Crippen LogP contribution in [0, 0.1) is 0 Å². The van der Waals surface area contributed by atoms with Crippen LogP contribution < -0.4 is 16.0 Å². The van der Waals surface area contributed by atoms with Crippen molar-refractivity contribution >= 4 is 23.4 Å². The molecule has 0 aliphatic carbocycles. The van der Waals surface area contributed by atoms with Gasteiger partial charge in [0.25, 0.3) is 5.91 Å². The molecule has 1 aromatic carbocycles. The molecule has 4 rings (SSSR count). The minimum absolute atomic E-state index is 0.000289. The van der Waals surface area contributed by atoms with E-state index in [9.17, 15) is 14.4 Å². The second-order valence-electron chi connectivity index (χ2n) is 7.41. The number of rotatable bonds is 4. The van der Waals surface area contributed by atoms with Gasteiger partial charge < -0.3 is 20.9 Å². The van der Waals surface area contributed by atoms with Crippen LogP contribution >= 0.6 is 0 Å². The lowest BCUT2D eigenvalue weighted by Crippen LogP contribution is -2.58. The van der Waals surface area contributed by atoms with Crippen LogP contribution in [0.3, 0.4) is 0 Å². The summed E-state index contributed by atoms with van der Waals surface area (Å²) in [6.45, 7) is 0.751. The number of aromatic nitrogens is 1. The number of anilines is 1. The smallest absolute Gasteiger partial charge is 0.255 e. The van der Waals surface area contributed by atoms with Crippen LogP contribution in [-0.2, 0) is 16.1 Å². The minimum atomic E-state index is -0.679. The lowest BCUT2D eigenvalue weighted by Gasteiger charge is -2.39. The standard InChI is InChI=1S/C21H23N5O3/c27-18(23-13-15-4-3-10-22-12-15)14-26-11-9-21(8-7-19(26)28)24-17-6-2-1-5-16(17)20(29)25-21/h1-6,10,12,24H,7-9,11,13-14H2,(H,23,27)(H,25,29). The van der Waals surface area contributed by atoms with Crippen LogP contribution in [0.15, 0.2) is 48.8 Å². The molecule has 3 N–H and O–H groups in total. The molecular formula is C21H23N5O3. The first-order valence-corrected chi connectivity index (χ1v) is 9.68. The highest BCUT2D eigenvalue weighted by Crippen LogP contribution is 2.31. The Balaban J connectivity index is 1.38. The molecule has 1 aromatic heterocycles. The molecule has 8 nitrogen and oxygen atoms in total. The van der Waals surface area contributed by atoms with Crippen molar-refractivity contribution in [3.8, 4) is 0 Å². The molecule has 0 saturated carbocycles. The Bertz CT molecular complexity index is 933. The van der Waals surface area contributed by atoms with Gasteiger partial charge in [0.15, 0.2) is 0 Å². The molecule has 8 heteroatoms. The highest BCUT2D eigenvalue weighted by molar-refractivity contribution is 6.02. The van der Waals surface area contributed by atoms with E-state index in [0.29, 0.717) is 31.5 Å². The molecule has 0 bridgehead atoms. The highest BCUT2D eigenvalue weighted by Gasteiger charge is 2.40. The number of para-hydroxylation sites is 1. The first-order valence-electron chi connectivity index (χ1n) is 9.68. The molecule has 29 heavy (non-hydrogen) atoms. The number of amides is 3. The zero-order valence-electron chi connectivity index (χ0n) is 16.0. The van der Waals surface area contributed by atoms with Crippen LogP contribution in [-0.4, -0.2) is 46.4 Å². The topological polar surface area (TPSA) is 103 Å². The summed E-state index contributed by atoms with van der Waals surface area (Å²) in [6, 6.07) is 11.0. The van der Waals surface area contributed by atoms with Gasteiger partial charge >= 0.3 is 0 Å². The molecular weight excluding hydrogens is 370 g/mol. The zero-order chi connectivity index (χ0) is 20.3. The van der Waals surface area contributed by atoms with Gasteiger partial charge in [-0.2, -0.15) is 0 Å². The third-order valence-corrected chi connectivity index (χ3v) is 5.37. The molecule has 1 spiro atoms. The Morgan fingerprint density at radius 2 is 2.00 bits per heavy atom. The first-order chi connectivity index (χ1) is 14.0. The van der Waals surface area contributed by atoms with Gasteiger partial charge in [-0.3, -0.25) is 19.4 Å². The van der Waals surface area contributed by atoms with Crippen molar-refractivity contribution in [2.75, 3.05) is 18.4 Å². The monoisotopic (exact) mass is 393 g/mol. The van der Waals surface area contributed by atoms with E-state index in [-0.39, 0.29) is 30.7 Å². The van der Waals surface area contributed by atoms with E-state index in [1.807, 2.05) is 30.3 Å². The Hall–Kier alpha value is -3.42. The van der Waals surface area contributed by atoms with Gasteiger partial charge in [0.05, 0.1) is 12.1 Å². The number of carbonyl (C=O) groups is 3.